The largest absolute Gasteiger partial charge is 0.325 e. The van der Waals surface area contributed by atoms with Crippen LogP contribution in [0.4, 0.5) is 11.5 Å². The molecule has 2 aromatic carbocycles. The van der Waals surface area contributed by atoms with Gasteiger partial charge in [-0.25, -0.2) is 4.98 Å². The number of pyridine rings is 1. The van der Waals surface area contributed by atoms with Crippen LogP contribution in [-0.2, 0) is 0 Å². The molecule has 3 nitrogen and oxygen atoms in total. The van der Waals surface area contributed by atoms with E-state index in [1.54, 1.807) is 0 Å². The average molecular weight is 326 g/mol. The van der Waals surface area contributed by atoms with Crippen molar-refractivity contribution in [1.82, 2.24) is 9.88 Å². The molecule has 3 rings (SSSR count). The lowest BCUT2D eigenvalue weighted by Gasteiger charge is -2.26. The first-order valence-corrected chi connectivity index (χ1v) is 8.05. The summed E-state index contributed by atoms with van der Waals surface area (Å²) >= 11 is 6.03. The maximum Gasteiger partial charge on any atom is 0.133 e. The van der Waals surface area contributed by atoms with E-state index in [-0.39, 0.29) is 0 Å². The molecule has 0 amide bonds. The van der Waals surface area contributed by atoms with Gasteiger partial charge in [0.05, 0.1) is 5.52 Å². The molecule has 0 atom stereocenters. The summed E-state index contributed by atoms with van der Waals surface area (Å²) in [7, 11) is 4.15. The summed E-state index contributed by atoms with van der Waals surface area (Å²) in [5, 5.41) is 1.90. The highest BCUT2D eigenvalue weighted by Crippen LogP contribution is 2.26. The molecule has 0 aliphatic heterocycles. The van der Waals surface area contributed by atoms with Crippen LogP contribution in [0.5, 0.6) is 0 Å². The third kappa shape index (κ3) is 3.81. The first-order valence-electron chi connectivity index (χ1n) is 7.67. The van der Waals surface area contributed by atoms with Gasteiger partial charge in [-0.2, -0.15) is 0 Å². The van der Waals surface area contributed by atoms with Crippen molar-refractivity contribution in [2.24, 2.45) is 0 Å². The minimum absolute atomic E-state index is 0.743. The van der Waals surface area contributed by atoms with Gasteiger partial charge < -0.3 is 9.80 Å². The van der Waals surface area contributed by atoms with E-state index in [0.29, 0.717) is 0 Å². The highest BCUT2D eigenvalue weighted by molar-refractivity contribution is 6.30. The molecule has 0 saturated carbocycles. The molecule has 0 spiro atoms. The highest BCUT2D eigenvalue weighted by atomic mass is 35.5. The zero-order valence-corrected chi connectivity index (χ0v) is 14.2. The summed E-state index contributed by atoms with van der Waals surface area (Å²) in [6.07, 6.45) is 0. The third-order valence-corrected chi connectivity index (χ3v) is 4.02. The molecule has 0 unspecified atom stereocenters. The molecule has 1 heterocycles. The minimum Gasteiger partial charge on any atom is -0.325 e. The van der Waals surface area contributed by atoms with E-state index in [1.807, 2.05) is 42.5 Å². The van der Waals surface area contributed by atoms with Crippen molar-refractivity contribution < 1.29 is 0 Å². The zero-order chi connectivity index (χ0) is 16.2. The van der Waals surface area contributed by atoms with Crippen LogP contribution in [0.1, 0.15) is 0 Å². The number of likely N-dealkylation sites (N-methyl/N-ethyl adjacent to an activating group) is 1. The number of para-hydroxylation sites is 1. The summed E-state index contributed by atoms with van der Waals surface area (Å²) in [5.74, 6) is 0.952. The van der Waals surface area contributed by atoms with E-state index in [4.69, 9.17) is 16.6 Å². The van der Waals surface area contributed by atoms with Gasteiger partial charge in [-0.1, -0.05) is 29.8 Å². The molecular formula is C19H20ClN3. The smallest absolute Gasteiger partial charge is 0.133 e. The first-order chi connectivity index (χ1) is 11.1. The third-order valence-electron chi connectivity index (χ3n) is 3.77. The van der Waals surface area contributed by atoms with Crippen LogP contribution < -0.4 is 4.90 Å². The number of anilines is 2. The number of hydrogen-bond acceptors (Lipinski definition) is 3. The van der Waals surface area contributed by atoms with Gasteiger partial charge >= 0.3 is 0 Å². The molecule has 1 aromatic heterocycles. The summed E-state index contributed by atoms with van der Waals surface area (Å²) < 4.78 is 0. The summed E-state index contributed by atoms with van der Waals surface area (Å²) in [6, 6.07) is 20.3. The normalized spacial score (nSPS) is 11.1. The SMILES string of the molecule is CN(C)CCN(c1ccc(Cl)cc1)c1ccc2ccccc2n1. The standard InChI is InChI=1S/C19H20ClN3/c1-22(2)13-14-23(17-10-8-16(20)9-11-17)19-12-7-15-5-3-4-6-18(15)21-19/h3-12H,13-14H2,1-2H3. The van der Waals surface area contributed by atoms with Crippen molar-refractivity contribution in [3.05, 3.63) is 65.7 Å². The van der Waals surface area contributed by atoms with E-state index in [1.165, 1.54) is 0 Å². The Bertz CT molecular complexity index is 784. The first kappa shape index (κ1) is 15.8. The second-order valence-corrected chi connectivity index (χ2v) is 6.23. The maximum absolute atomic E-state index is 6.03. The van der Waals surface area contributed by atoms with Crippen molar-refractivity contribution in [1.29, 1.82) is 0 Å². The van der Waals surface area contributed by atoms with E-state index in [9.17, 15) is 0 Å². The lowest BCUT2D eigenvalue weighted by atomic mass is 10.2. The van der Waals surface area contributed by atoms with Crippen molar-refractivity contribution >= 4 is 34.0 Å². The van der Waals surface area contributed by atoms with Crippen LogP contribution >= 0.6 is 11.6 Å². The Balaban J connectivity index is 1.99. The van der Waals surface area contributed by atoms with Gasteiger partial charge in [0.25, 0.3) is 0 Å². The van der Waals surface area contributed by atoms with Crippen LogP contribution in [0, 0.1) is 0 Å². The molecule has 0 bridgehead atoms. The Labute approximate surface area is 142 Å². The van der Waals surface area contributed by atoms with Crippen LogP contribution in [0.15, 0.2) is 60.7 Å². The molecule has 0 saturated heterocycles. The number of nitrogens with zero attached hydrogens (tertiary/aromatic N) is 3. The van der Waals surface area contributed by atoms with Crippen molar-refractivity contribution in [2.75, 3.05) is 32.1 Å². The van der Waals surface area contributed by atoms with Gasteiger partial charge in [-0.05, 0) is 56.6 Å². The summed E-state index contributed by atoms with van der Waals surface area (Å²) in [4.78, 5) is 9.22. The molecule has 0 radical (unpaired) electrons. The number of aromatic nitrogens is 1. The number of hydrogen-bond donors (Lipinski definition) is 0. The Hall–Kier alpha value is -2.10. The molecule has 23 heavy (non-hydrogen) atoms. The van der Waals surface area contributed by atoms with E-state index >= 15 is 0 Å². The van der Waals surface area contributed by atoms with Crippen molar-refractivity contribution in [3.63, 3.8) is 0 Å². The molecule has 3 aromatic rings. The number of rotatable bonds is 5. The second kappa shape index (κ2) is 6.99. The van der Waals surface area contributed by atoms with E-state index in [0.717, 1.165) is 40.5 Å². The van der Waals surface area contributed by atoms with Crippen LogP contribution in [0.2, 0.25) is 5.02 Å². The topological polar surface area (TPSA) is 19.4 Å². The van der Waals surface area contributed by atoms with Gasteiger partial charge in [0.1, 0.15) is 5.82 Å². The monoisotopic (exact) mass is 325 g/mol. The van der Waals surface area contributed by atoms with E-state index in [2.05, 4.69) is 42.1 Å². The quantitative estimate of drug-likeness (QED) is 0.684. The lowest BCUT2D eigenvalue weighted by molar-refractivity contribution is 0.418. The summed E-state index contributed by atoms with van der Waals surface area (Å²) in [5.41, 5.74) is 2.10. The molecule has 0 fully saturated rings. The Morgan fingerprint density at radius 1 is 0.870 bits per heavy atom. The van der Waals surface area contributed by atoms with Gasteiger partial charge in [0.15, 0.2) is 0 Å². The fraction of sp³-hybridized carbons (Fsp3) is 0.211. The molecule has 118 valence electrons. The maximum atomic E-state index is 6.03. The highest BCUT2D eigenvalue weighted by Gasteiger charge is 2.11. The fourth-order valence-corrected chi connectivity index (χ4v) is 2.63. The van der Waals surface area contributed by atoms with Crippen molar-refractivity contribution in [3.8, 4) is 0 Å². The Morgan fingerprint density at radius 3 is 2.35 bits per heavy atom. The van der Waals surface area contributed by atoms with Crippen LogP contribution in [0.25, 0.3) is 10.9 Å². The van der Waals surface area contributed by atoms with Crippen LogP contribution in [0.3, 0.4) is 0 Å². The molecular weight excluding hydrogens is 306 g/mol. The lowest BCUT2D eigenvalue weighted by Crippen LogP contribution is -2.28. The number of fused-ring (bicyclic) bond motifs is 1. The molecule has 0 aliphatic carbocycles. The van der Waals surface area contributed by atoms with Crippen molar-refractivity contribution in [2.45, 2.75) is 0 Å². The van der Waals surface area contributed by atoms with Crippen LogP contribution in [-0.4, -0.2) is 37.1 Å². The molecule has 4 heteroatoms. The number of halogens is 1. The zero-order valence-electron chi connectivity index (χ0n) is 13.4. The fourth-order valence-electron chi connectivity index (χ4n) is 2.50. The minimum atomic E-state index is 0.743. The molecule has 0 N–H and O–H groups in total. The van der Waals surface area contributed by atoms with Gasteiger partial charge in [-0.15, -0.1) is 0 Å². The molecule has 0 aliphatic rings. The van der Waals surface area contributed by atoms with Gasteiger partial charge in [-0.3, -0.25) is 0 Å². The Kier molecular flexibility index (Phi) is 4.79. The Morgan fingerprint density at radius 2 is 1.61 bits per heavy atom. The predicted octanol–water partition coefficient (Wildman–Crippen LogP) is 4.59. The predicted molar refractivity (Wildman–Crippen MR) is 98.8 cm³/mol. The average Bonchev–Trinajstić information content (AvgIpc) is 2.56. The van der Waals surface area contributed by atoms with E-state index < -0.39 is 0 Å². The second-order valence-electron chi connectivity index (χ2n) is 5.79. The van der Waals surface area contributed by atoms with Gasteiger partial charge in [0.2, 0.25) is 0 Å². The summed E-state index contributed by atoms with van der Waals surface area (Å²) in [6.45, 7) is 1.80. The number of benzene rings is 2. The van der Waals surface area contributed by atoms with Gasteiger partial charge in [0, 0.05) is 29.2 Å².